The molecule has 0 bridgehead atoms. The molecular weight excluding hydrogens is 284 g/mol. The molecule has 4 heteroatoms. The molecule has 1 N–H and O–H groups in total. The Morgan fingerprint density at radius 1 is 0.957 bits per heavy atom. The molecule has 0 atom stereocenters. The highest BCUT2D eigenvalue weighted by atomic mass is 15.2. The normalized spacial score (nSPS) is 15.3. The standard InChI is InChI=1S/C19H26N4/c1-15-7-9-17(10-8-15)14-20-19-21-16(2)13-18(22-19)23-11-5-3-4-6-12-23/h7-10,13H,3-6,11-12,14H2,1-2H3,(H,20,21,22). The summed E-state index contributed by atoms with van der Waals surface area (Å²) in [6, 6.07) is 10.7. The molecular formula is C19H26N4. The predicted molar refractivity (Wildman–Crippen MR) is 96.0 cm³/mol. The Hall–Kier alpha value is -2.10. The molecule has 0 saturated carbocycles. The van der Waals surface area contributed by atoms with Gasteiger partial charge in [-0.3, -0.25) is 0 Å². The third-order valence-electron chi connectivity index (χ3n) is 4.34. The number of anilines is 2. The Bertz CT molecular complexity index is 628. The Balaban J connectivity index is 1.70. The minimum Gasteiger partial charge on any atom is -0.356 e. The van der Waals surface area contributed by atoms with Crippen molar-refractivity contribution in [2.24, 2.45) is 0 Å². The molecule has 1 fully saturated rings. The van der Waals surface area contributed by atoms with Gasteiger partial charge in [0.1, 0.15) is 5.82 Å². The highest BCUT2D eigenvalue weighted by molar-refractivity contribution is 5.45. The molecule has 0 radical (unpaired) electrons. The van der Waals surface area contributed by atoms with Crippen LogP contribution >= 0.6 is 0 Å². The average molecular weight is 310 g/mol. The maximum absolute atomic E-state index is 4.74. The molecule has 23 heavy (non-hydrogen) atoms. The predicted octanol–water partition coefficient (Wildman–Crippen LogP) is 4.09. The summed E-state index contributed by atoms with van der Waals surface area (Å²) in [6.07, 6.45) is 5.18. The van der Waals surface area contributed by atoms with Gasteiger partial charge in [-0.1, -0.05) is 42.7 Å². The summed E-state index contributed by atoms with van der Waals surface area (Å²) in [5, 5.41) is 3.37. The first-order chi connectivity index (χ1) is 11.2. The van der Waals surface area contributed by atoms with Crippen LogP contribution in [0.15, 0.2) is 30.3 Å². The van der Waals surface area contributed by atoms with Crippen molar-refractivity contribution >= 4 is 11.8 Å². The summed E-state index contributed by atoms with van der Waals surface area (Å²) in [4.78, 5) is 11.7. The van der Waals surface area contributed by atoms with Crippen molar-refractivity contribution in [3.63, 3.8) is 0 Å². The Morgan fingerprint density at radius 3 is 2.35 bits per heavy atom. The van der Waals surface area contributed by atoms with E-state index in [0.717, 1.165) is 37.1 Å². The lowest BCUT2D eigenvalue weighted by atomic mass is 10.1. The SMILES string of the molecule is Cc1ccc(CNc2nc(C)cc(N3CCCCCC3)n2)cc1. The molecule has 3 rings (SSSR count). The van der Waals surface area contributed by atoms with E-state index in [1.165, 1.54) is 36.8 Å². The van der Waals surface area contributed by atoms with Crippen molar-refractivity contribution in [1.29, 1.82) is 0 Å². The fraction of sp³-hybridized carbons (Fsp3) is 0.474. The van der Waals surface area contributed by atoms with Gasteiger partial charge in [-0.25, -0.2) is 4.98 Å². The first kappa shape index (κ1) is 15.8. The molecule has 0 unspecified atom stereocenters. The van der Waals surface area contributed by atoms with Gasteiger partial charge in [-0.05, 0) is 32.3 Å². The lowest BCUT2D eigenvalue weighted by Crippen LogP contribution is -2.25. The number of rotatable bonds is 4. The average Bonchev–Trinajstić information content (AvgIpc) is 2.83. The van der Waals surface area contributed by atoms with Gasteiger partial charge in [0.2, 0.25) is 5.95 Å². The summed E-state index contributed by atoms with van der Waals surface area (Å²) >= 11 is 0. The minimum atomic E-state index is 0.727. The number of nitrogens with zero attached hydrogens (tertiary/aromatic N) is 3. The summed E-state index contributed by atoms with van der Waals surface area (Å²) < 4.78 is 0. The van der Waals surface area contributed by atoms with E-state index in [1.54, 1.807) is 0 Å². The highest BCUT2D eigenvalue weighted by Gasteiger charge is 2.13. The van der Waals surface area contributed by atoms with Gasteiger partial charge in [0, 0.05) is 31.4 Å². The summed E-state index contributed by atoms with van der Waals surface area (Å²) in [6.45, 7) is 7.11. The van der Waals surface area contributed by atoms with E-state index < -0.39 is 0 Å². The van der Waals surface area contributed by atoms with E-state index in [-0.39, 0.29) is 0 Å². The second-order valence-corrected chi connectivity index (χ2v) is 6.43. The molecule has 2 heterocycles. The quantitative estimate of drug-likeness (QED) is 0.923. The smallest absolute Gasteiger partial charge is 0.225 e. The lowest BCUT2D eigenvalue weighted by molar-refractivity contribution is 0.726. The second-order valence-electron chi connectivity index (χ2n) is 6.43. The molecule has 1 aliphatic rings. The topological polar surface area (TPSA) is 41.1 Å². The van der Waals surface area contributed by atoms with E-state index in [0.29, 0.717) is 0 Å². The zero-order chi connectivity index (χ0) is 16.1. The number of hydrogen-bond acceptors (Lipinski definition) is 4. The van der Waals surface area contributed by atoms with Crippen LogP contribution in [0.5, 0.6) is 0 Å². The second kappa shape index (κ2) is 7.44. The molecule has 2 aromatic rings. The van der Waals surface area contributed by atoms with E-state index >= 15 is 0 Å². The van der Waals surface area contributed by atoms with Crippen LogP contribution in [0.2, 0.25) is 0 Å². The van der Waals surface area contributed by atoms with Crippen molar-refractivity contribution in [2.45, 2.75) is 46.1 Å². The molecule has 0 aliphatic carbocycles. The first-order valence-electron chi connectivity index (χ1n) is 8.61. The molecule has 1 aromatic carbocycles. The number of hydrogen-bond donors (Lipinski definition) is 1. The van der Waals surface area contributed by atoms with Crippen molar-refractivity contribution in [3.05, 3.63) is 47.2 Å². The molecule has 122 valence electrons. The van der Waals surface area contributed by atoms with Gasteiger partial charge in [0.15, 0.2) is 0 Å². The Kier molecular flexibility index (Phi) is 5.11. The fourth-order valence-electron chi connectivity index (χ4n) is 2.98. The first-order valence-corrected chi connectivity index (χ1v) is 8.61. The number of benzene rings is 1. The molecule has 1 aromatic heterocycles. The van der Waals surface area contributed by atoms with Crippen LogP contribution in [0.4, 0.5) is 11.8 Å². The summed E-state index contributed by atoms with van der Waals surface area (Å²) in [5.74, 6) is 1.79. The fourth-order valence-corrected chi connectivity index (χ4v) is 2.98. The molecule has 1 saturated heterocycles. The van der Waals surface area contributed by atoms with E-state index in [4.69, 9.17) is 4.98 Å². The number of aromatic nitrogens is 2. The van der Waals surface area contributed by atoms with Gasteiger partial charge < -0.3 is 10.2 Å². The van der Waals surface area contributed by atoms with E-state index in [1.807, 2.05) is 6.92 Å². The third kappa shape index (κ3) is 4.44. The highest BCUT2D eigenvalue weighted by Crippen LogP contribution is 2.19. The molecule has 4 nitrogen and oxygen atoms in total. The maximum atomic E-state index is 4.74. The number of nitrogens with one attached hydrogen (secondary N) is 1. The van der Waals surface area contributed by atoms with Gasteiger partial charge in [-0.15, -0.1) is 0 Å². The Labute approximate surface area is 139 Å². The van der Waals surface area contributed by atoms with Crippen molar-refractivity contribution in [1.82, 2.24) is 9.97 Å². The zero-order valence-electron chi connectivity index (χ0n) is 14.2. The monoisotopic (exact) mass is 310 g/mol. The van der Waals surface area contributed by atoms with Crippen molar-refractivity contribution < 1.29 is 0 Å². The maximum Gasteiger partial charge on any atom is 0.225 e. The minimum absolute atomic E-state index is 0.727. The molecule has 0 spiro atoms. The van der Waals surface area contributed by atoms with Crippen LogP contribution in [0, 0.1) is 13.8 Å². The van der Waals surface area contributed by atoms with Gasteiger partial charge in [0.05, 0.1) is 0 Å². The van der Waals surface area contributed by atoms with Gasteiger partial charge in [0.25, 0.3) is 0 Å². The van der Waals surface area contributed by atoms with E-state index in [2.05, 4.69) is 52.5 Å². The van der Waals surface area contributed by atoms with Crippen LogP contribution in [0.1, 0.15) is 42.5 Å². The van der Waals surface area contributed by atoms with Gasteiger partial charge >= 0.3 is 0 Å². The molecule has 1 aliphatic heterocycles. The summed E-state index contributed by atoms with van der Waals surface area (Å²) in [5.41, 5.74) is 3.55. The Morgan fingerprint density at radius 2 is 1.65 bits per heavy atom. The lowest BCUT2D eigenvalue weighted by Gasteiger charge is -2.22. The van der Waals surface area contributed by atoms with Crippen LogP contribution in [0.25, 0.3) is 0 Å². The largest absolute Gasteiger partial charge is 0.356 e. The molecule has 0 amide bonds. The van der Waals surface area contributed by atoms with Gasteiger partial charge in [-0.2, -0.15) is 4.98 Å². The van der Waals surface area contributed by atoms with E-state index in [9.17, 15) is 0 Å². The van der Waals surface area contributed by atoms with Crippen molar-refractivity contribution in [2.75, 3.05) is 23.3 Å². The van der Waals surface area contributed by atoms with Crippen LogP contribution in [0.3, 0.4) is 0 Å². The van der Waals surface area contributed by atoms with Crippen LogP contribution < -0.4 is 10.2 Å². The van der Waals surface area contributed by atoms with Crippen molar-refractivity contribution in [3.8, 4) is 0 Å². The third-order valence-corrected chi connectivity index (χ3v) is 4.34. The number of aryl methyl sites for hydroxylation is 2. The van der Waals surface area contributed by atoms with Crippen LogP contribution in [-0.2, 0) is 6.54 Å². The van der Waals surface area contributed by atoms with Crippen LogP contribution in [-0.4, -0.2) is 23.1 Å². The summed E-state index contributed by atoms with van der Waals surface area (Å²) in [7, 11) is 0. The zero-order valence-corrected chi connectivity index (χ0v) is 14.2.